The van der Waals surface area contributed by atoms with Crippen LogP contribution in [0.25, 0.3) is 0 Å². The summed E-state index contributed by atoms with van der Waals surface area (Å²) in [6, 6.07) is 13.0. The predicted octanol–water partition coefficient (Wildman–Crippen LogP) is 1.75. The average molecular weight is 326 g/mol. The van der Waals surface area contributed by atoms with Crippen molar-refractivity contribution in [3.63, 3.8) is 0 Å². The Kier molecular flexibility index (Phi) is 4.15. The summed E-state index contributed by atoms with van der Waals surface area (Å²) in [5.41, 5.74) is 0.901. The van der Waals surface area contributed by atoms with Gasteiger partial charge in [-0.2, -0.15) is 0 Å². The molecule has 2 N–H and O–H groups in total. The molecular formula is C17H14N2O5. The van der Waals surface area contributed by atoms with Crippen molar-refractivity contribution >= 4 is 29.2 Å². The van der Waals surface area contributed by atoms with E-state index < -0.39 is 11.9 Å². The van der Waals surface area contributed by atoms with Crippen molar-refractivity contribution < 1.29 is 24.2 Å². The standard InChI is InChI=1S/C17H14N2O5/c20-15(18-12-4-2-1-3-5-12)9-19-13-8-11(17(22)23)6-7-14(13)24-10-16(19)21/h1-8H,9-10H2,(H,18,20)(H,22,23). The number of carboxylic acid groups (broad SMARTS) is 1. The van der Waals surface area contributed by atoms with Crippen LogP contribution in [-0.4, -0.2) is 36.0 Å². The topological polar surface area (TPSA) is 95.9 Å². The Morgan fingerprint density at radius 3 is 2.62 bits per heavy atom. The first-order valence-electron chi connectivity index (χ1n) is 7.20. The third kappa shape index (κ3) is 3.19. The minimum absolute atomic E-state index is 0.0144. The molecule has 0 saturated carbocycles. The first kappa shape index (κ1) is 15.5. The number of rotatable bonds is 4. The Morgan fingerprint density at radius 2 is 1.92 bits per heavy atom. The Balaban J connectivity index is 1.83. The zero-order valence-electron chi connectivity index (χ0n) is 12.6. The van der Waals surface area contributed by atoms with E-state index in [0.717, 1.165) is 0 Å². The number of carbonyl (C=O) groups excluding carboxylic acids is 2. The molecule has 0 spiro atoms. The Morgan fingerprint density at radius 1 is 1.17 bits per heavy atom. The van der Waals surface area contributed by atoms with Crippen molar-refractivity contribution in [2.24, 2.45) is 0 Å². The van der Waals surface area contributed by atoms with Gasteiger partial charge < -0.3 is 15.2 Å². The number of hydrogen-bond acceptors (Lipinski definition) is 4. The largest absolute Gasteiger partial charge is 0.482 e. The maximum absolute atomic E-state index is 12.2. The first-order valence-corrected chi connectivity index (χ1v) is 7.20. The molecule has 0 atom stereocenters. The van der Waals surface area contributed by atoms with E-state index >= 15 is 0 Å². The maximum atomic E-state index is 12.2. The van der Waals surface area contributed by atoms with E-state index in [4.69, 9.17) is 9.84 Å². The maximum Gasteiger partial charge on any atom is 0.335 e. The van der Waals surface area contributed by atoms with Crippen LogP contribution in [0, 0.1) is 0 Å². The lowest BCUT2D eigenvalue weighted by Gasteiger charge is -2.29. The van der Waals surface area contributed by atoms with E-state index in [9.17, 15) is 14.4 Å². The van der Waals surface area contributed by atoms with E-state index in [-0.39, 0.29) is 30.3 Å². The van der Waals surface area contributed by atoms with Crippen LogP contribution in [0.1, 0.15) is 10.4 Å². The van der Waals surface area contributed by atoms with Crippen LogP contribution in [0.15, 0.2) is 48.5 Å². The monoisotopic (exact) mass is 326 g/mol. The Labute approximate surface area is 137 Å². The van der Waals surface area contributed by atoms with Gasteiger partial charge in [-0.1, -0.05) is 18.2 Å². The minimum Gasteiger partial charge on any atom is -0.482 e. The Bertz CT molecular complexity index is 804. The van der Waals surface area contributed by atoms with Gasteiger partial charge in [0.25, 0.3) is 5.91 Å². The fourth-order valence-corrected chi connectivity index (χ4v) is 2.37. The van der Waals surface area contributed by atoms with Crippen molar-refractivity contribution in [1.82, 2.24) is 0 Å². The number of anilines is 2. The molecule has 122 valence electrons. The van der Waals surface area contributed by atoms with Gasteiger partial charge in [0.05, 0.1) is 11.3 Å². The highest BCUT2D eigenvalue weighted by Crippen LogP contribution is 2.32. The zero-order valence-corrected chi connectivity index (χ0v) is 12.6. The fourth-order valence-electron chi connectivity index (χ4n) is 2.37. The summed E-state index contributed by atoms with van der Waals surface area (Å²) in [6.07, 6.45) is 0. The molecule has 0 aromatic heterocycles. The molecule has 3 rings (SSSR count). The number of nitrogens with one attached hydrogen (secondary N) is 1. The normalized spacial score (nSPS) is 13.0. The van der Waals surface area contributed by atoms with Crippen molar-refractivity contribution in [3.05, 3.63) is 54.1 Å². The molecule has 0 saturated heterocycles. The van der Waals surface area contributed by atoms with Crippen LogP contribution >= 0.6 is 0 Å². The summed E-state index contributed by atoms with van der Waals surface area (Å²) in [6.45, 7) is -0.425. The number of carboxylic acids is 1. The molecule has 1 heterocycles. The Hall–Kier alpha value is -3.35. The SMILES string of the molecule is O=C(CN1C(=O)COc2ccc(C(=O)O)cc21)Nc1ccccc1. The van der Waals surface area contributed by atoms with Gasteiger partial charge in [0.15, 0.2) is 6.61 Å². The molecular weight excluding hydrogens is 312 g/mol. The molecule has 0 fully saturated rings. The molecule has 1 aliphatic heterocycles. The second-order valence-electron chi connectivity index (χ2n) is 5.17. The molecule has 2 aromatic carbocycles. The van der Waals surface area contributed by atoms with Crippen LogP contribution in [0.3, 0.4) is 0 Å². The number of fused-ring (bicyclic) bond motifs is 1. The predicted molar refractivity (Wildman–Crippen MR) is 86.3 cm³/mol. The highest BCUT2D eigenvalue weighted by molar-refractivity contribution is 6.05. The van der Waals surface area contributed by atoms with E-state index in [1.165, 1.54) is 23.1 Å². The number of carbonyl (C=O) groups is 3. The number of amides is 2. The van der Waals surface area contributed by atoms with E-state index in [1.54, 1.807) is 24.3 Å². The lowest BCUT2D eigenvalue weighted by atomic mass is 10.1. The number of benzene rings is 2. The average Bonchev–Trinajstić information content (AvgIpc) is 2.58. The fraction of sp³-hybridized carbons (Fsp3) is 0.118. The van der Waals surface area contributed by atoms with Crippen LogP contribution < -0.4 is 15.0 Å². The lowest BCUT2D eigenvalue weighted by Crippen LogP contribution is -2.43. The summed E-state index contributed by atoms with van der Waals surface area (Å²) in [5, 5.41) is 11.8. The molecule has 7 nitrogen and oxygen atoms in total. The number of para-hydroxylation sites is 1. The second kappa shape index (κ2) is 6.41. The summed E-state index contributed by atoms with van der Waals surface area (Å²) < 4.78 is 5.28. The highest BCUT2D eigenvalue weighted by Gasteiger charge is 2.28. The van der Waals surface area contributed by atoms with Gasteiger partial charge in [0.1, 0.15) is 12.3 Å². The summed E-state index contributed by atoms with van der Waals surface area (Å²) in [7, 11) is 0. The molecule has 0 radical (unpaired) electrons. The van der Waals surface area contributed by atoms with E-state index in [1.807, 2.05) is 6.07 Å². The van der Waals surface area contributed by atoms with Gasteiger partial charge in [-0.05, 0) is 30.3 Å². The number of hydrogen-bond donors (Lipinski definition) is 2. The summed E-state index contributed by atoms with van der Waals surface area (Å²) in [4.78, 5) is 36.6. The first-order chi connectivity index (χ1) is 11.5. The van der Waals surface area contributed by atoms with Crippen molar-refractivity contribution in [1.29, 1.82) is 0 Å². The molecule has 24 heavy (non-hydrogen) atoms. The molecule has 2 aromatic rings. The second-order valence-corrected chi connectivity index (χ2v) is 5.17. The number of nitrogens with zero attached hydrogens (tertiary/aromatic N) is 1. The van der Waals surface area contributed by atoms with Gasteiger partial charge >= 0.3 is 5.97 Å². The van der Waals surface area contributed by atoms with Crippen LogP contribution in [0.2, 0.25) is 0 Å². The lowest BCUT2D eigenvalue weighted by molar-refractivity contribution is -0.123. The quantitative estimate of drug-likeness (QED) is 0.892. The van der Waals surface area contributed by atoms with Crippen LogP contribution in [-0.2, 0) is 9.59 Å². The van der Waals surface area contributed by atoms with Gasteiger partial charge in [0, 0.05) is 5.69 Å². The van der Waals surface area contributed by atoms with Crippen LogP contribution in [0.4, 0.5) is 11.4 Å². The van der Waals surface area contributed by atoms with Gasteiger partial charge in [-0.3, -0.25) is 14.5 Å². The van der Waals surface area contributed by atoms with Gasteiger partial charge in [-0.25, -0.2) is 4.79 Å². The van der Waals surface area contributed by atoms with Gasteiger partial charge in [0.2, 0.25) is 5.91 Å². The molecule has 1 aliphatic rings. The highest BCUT2D eigenvalue weighted by atomic mass is 16.5. The number of aromatic carboxylic acids is 1. The van der Waals surface area contributed by atoms with Crippen LogP contribution in [0.5, 0.6) is 5.75 Å². The smallest absolute Gasteiger partial charge is 0.335 e. The van der Waals surface area contributed by atoms with Crippen molar-refractivity contribution in [2.45, 2.75) is 0 Å². The van der Waals surface area contributed by atoms with Gasteiger partial charge in [-0.15, -0.1) is 0 Å². The van der Waals surface area contributed by atoms with E-state index in [2.05, 4.69) is 5.32 Å². The zero-order chi connectivity index (χ0) is 17.1. The number of ether oxygens (including phenoxy) is 1. The van der Waals surface area contributed by atoms with Crippen molar-refractivity contribution in [2.75, 3.05) is 23.4 Å². The van der Waals surface area contributed by atoms with Crippen molar-refractivity contribution in [3.8, 4) is 5.75 Å². The van der Waals surface area contributed by atoms with E-state index in [0.29, 0.717) is 11.4 Å². The summed E-state index contributed by atoms with van der Waals surface area (Å²) in [5.74, 6) is -1.55. The summed E-state index contributed by atoms with van der Waals surface area (Å²) >= 11 is 0. The third-order valence-corrected chi connectivity index (χ3v) is 3.51. The third-order valence-electron chi connectivity index (χ3n) is 3.51. The molecule has 0 aliphatic carbocycles. The minimum atomic E-state index is -1.12. The molecule has 2 amide bonds. The molecule has 0 unspecified atom stereocenters. The molecule has 0 bridgehead atoms. The molecule has 7 heteroatoms.